The van der Waals surface area contributed by atoms with Crippen LogP contribution in [0.3, 0.4) is 0 Å². The smallest absolute Gasteiger partial charge is 0.385 e. The van der Waals surface area contributed by atoms with Crippen LogP contribution in [0.5, 0.6) is 0 Å². The molecule has 2 amide bonds. The van der Waals surface area contributed by atoms with Gasteiger partial charge in [0.25, 0.3) is 0 Å². The molecular formula is C14H18N2OOs. The monoisotopic (exact) mass is 422 g/mol. The number of amides is 2. The van der Waals surface area contributed by atoms with E-state index >= 15 is 0 Å². The summed E-state index contributed by atoms with van der Waals surface area (Å²) in [5, 5.41) is 2.88. The fourth-order valence-electron chi connectivity index (χ4n) is 2.17. The van der Waals surface area contributed by atoms with E-state index < -0.39 is 0 Å². The number of nitrogens with zero attached hydrogens (tertiary/aromatic N) is 1. The van der Waals surface area contributed by atoms with Gasteiger partial charge >= 0.3 is 25.8 Å². The van der Waals surface area contributed by atoms with E-state index in [-0.39, 0.29) is 25.8 Å². The zero-order chi connectivity index (χ0) is 12.3. The molecule has 1 N–H and O–H groups in total. The summed E-state index contributed by atoms with van der Waals surface area (Å²) in [5.74, 6) is 0. The molecule has 0 radical (unpaired) electrons. The third kappa shape index (κ3) is 3.33. The van der Waals surface area contributed by atoms with Crippen LogP contribution in [0.1, 0.15) is 17.5 Å². The Morgan fingerprint density at radius 1 is 1.22 bits per heavy atom. The van der Waals surface area contributed by atoms with Crippen LogP contribution in [-0.4, -0.2) is 24.0 Å². The zero-order valence-electron chi connectivity index (χ0n) is 10.4. The van der Waals surface area contributed by atoms with Crippen LogP contribution in [0, 0.1) is 13.8 Å². The summed E-state index contributed by atoms with van der Waals surface area (Å²) in [6, 6.07) is 6.01. The third-order valence-corrected chi connectivity index (χ3v) is 3.18. The first-order chi connectivity index (χ1) is 8.24. The normalized spacial score (nSPS) is 12.6. The van der Waals surface area contributed by atoms with Gasteiger partial charge in [-0.25, -0.2) is 4.79 Å². The number of carbonyl (C=O) groups excluding carboxylic acids is 1. The molecule has 1 aromatic carbocycles. The standard InChI is InChI=1S/C14H18N2O.Os/c1-3-16(4-2)14(17)15-13-9-8-11-6-5-7-12(11)10-13;/h8-10H,1-7H2,(H,15,17);/q-2;+2. The number of aryl methyl sites for hydroxylation is 2. The number of nitrogens with one attached hydrogen (secondary N) is 1. The Balaban J connectivity index is 0.00000162. The number of carbonyl (C=O) groups is 1. The molecule has 3 nitrogen and oxygen atoms in total. The fraction of sp³-hybridized carbons (Fsp3) is 0.357. The van der Waals surface area contributed by atoms with Crippen molar-refractivity contribution in [2.45, 2.75) is 19.3 Å². The van der Waals surface area contributed by atoms with Crippen molar-refractivity contribution in [2.24, 2.45) is 0 Å². The number of hydrogen-bond donors (Lipinski definition) is 1. The van der Waals surface area contributed by atoms with Crippen LogP contribution in [0.15, 0.2) is 18.2 Å². The van der Waals surface area contributed by atoms with Crippen LogP contribution >= 0.6 is 0 Å². The topological polar surface area (TPSA) is 32.3 Å². The van der Waals surface area contributed by atoms with E-state index in [1.54, 1.807) is 4.90 Å². The van der Waals surface area contributed by atoms with E-state index in [9.17, 15) is 4.79 Å². The number of urea groups is 1. The van der Waals surface area contributed by atoms with Crippen LogP contribution in [0.25, 0.3) is 0 Å². The van der Waals surface area contributed by atoms with Crippen molar-refractivity contribution in [1.29, 1.82) is 0 Å². The molecule has 98 valence electrons. The third-order valence-electron chi connectivity index (χ3n) is 3.18. The Hall–Kier alpha value is -0.874. The molecule has 0 heterocycles. The van der Waals surface area contributed by atoms with Gasteiger partial charge in [-0.15, -0.1) is 13.1 Å². The Kier molecular flexibility index (Phi) is 5.82. The SMILES string of the molecule is [CH2-]CN(C[CH2-])C(=O)Nc1ccc2c(c1)CCC2.[Os+2]. The van der Waals surface area contributed by atoms with Gasteiger partial charge in [0, 0.05) is 5.69 Å². The zero-order valence-corrected chi connectivity index (χ0v) is 12.9. The molecule has 1 aliphatic rings. The molecule has 0 atom stereocenters. The van der Waals surface area contributed by atoms with Crippen molar-refractivity contribution >= 4 is 11.7 Å². The number of rotatable bonds is 3. The Labute approximate surface area is 122 Å². The van der Waals surface area contributed by atoms with Crippen molar-refractivity contribution in [1.82, 2.24) is 4.90 Å². The van der Waals surface area contributed by atoms with E-state index in [0.717, 1.165) is 18.5 Å². The Bertz CT molecular complexity index is 416. The maximum atomic E-state index is 11.8. The molecule has 0 aliphatic heterocycles. The van der Waals surface area contributed by atoms with E-state index in [2.05, 4.69) is 31.3 Å². The molecule has 2 rings (SSSR count). The summed E-state index contributed by atoms with van der Waals surface area (Å²) in [6.45, 7) is 8.27. The second-order valence-corrected chi connectivity index (χ2v) is 4.25. The van der Waals surface area contributed by atoms with Gasteiger partial charge in [0.15, 0.2) is 0 Å². The first kappa shape index (κ1) is 15.2. The molecule has 0 saturated carbocycles. The van der Waals surface area contributed by atoms with Gasteiger partial charge in [0.2, 0.25) is 0 Å². The Morgan fingerprint density at radius 2 is 1.89 bits per heavy atom. The summed E-state index contributed by atoms with van der Waals surface area (Å²) < 4.78 is 0. The average molecular weight is 421 g/mol. The molecule has 4 heteroatoms. The van der Waals surface area contributed by atoms with Crippen molar-refractivity contribution in [3.05, 3.63) is 43.2 Å². The van der Waals surface area contributed by atoms with Crippen LogP contribution in [0.4, 0.5) is 10.5 Å². The predicted octanol–water partition coefficient (Wildman–Crippen LogP) is 2.67. The molecule has 0 unspecified atom stereocenters. The number of benzene rings is 1. The van der Waals surface area contributed by atoms with Crippen LogP contribution in [-0.2, 0) is 32.6 Å². The maximum Gasteiger partial charge on any atom is 2.00 e. The maximum absolute atomic E-state index is 11.8. The van der Waals surface area contributed by atoms with Crippen molar-refractivity contribution in [3.63, 3.8) is 0 Å². The van der Waals surface area contributed by atoms with E-state index in [0.29, 0.717) is 13.1 Å². The van der Waals surface area contributed by atoms with E-state index in [1.807, 2.05) is 6.07 Å². The predicted molar refractivity (Wildman–Crippen MR) is 69.8 cm³/mol. The first-order valence-corrected chi connectivity index (χ1v) is 6.01. The Morgan fingerprint density at radius 3 is 2.56 bits per heavy atom. The van der Waals surface area contributed by atoms with Gasteiger partial charge in [0.1, 0.15) is 0 Å². The molecule has 18 heavy (non-hydrogen) atoms. The summed E-state index contributed by atoms with van der Waals surface area (Å²) in [6.07, 6.45) is 3.50. The molecule has 0 spiro atoms. The van der Waals surface area contributed by atoms with Crippen molar-refractivity contribution in [3.8, 4) is 0 Å². The second kappa shape index (κ2) is 6.90. The van der Waals surface area contributed by atoms with Gasteiger partial charge in [-0.1, -0.05) is 6.07 Å². The average Bonchev–Trinajstić information content (AvgIpc) is 2.77. The summed E-state index contributed by atoms with van der Waals surface area (Å²) in [5.41, 5.74) is 3.63. The molecule has 0 saturated heterocycles. The minimum atomic E-state index is -0.132. The second-order valence-electron chi connectivity index (χ2n) is 4.25. The van der Waals surface area contributed by atoms with Gasteiger partial charge < -0.3 is 24.1 Å². The number of fused-ring (bicyclic) bond motifs is 1. The summed E-state index contributed by atoms with van der Waals surface area (Å²) >= 11 is 0. The van der Waals surface area contributed by atoms with Crippen LogP contribution in [0.2, 0.25) is 0 Å². The number of anilines is 1. The minimum absolute atomic E-state index is 0. The largest absolute Gasteiger partial charge is 2.00 e. The molecule has 0 aromatic heterocycles. The molecule has 0 fully saturated rings. The first-order valence-electron chi connectivity index (χ1n) is 6.01. The van der Waals surface area contributed by atoms with Gasteiger partial charge in [0.05, 0.1) is 0 Å². The van der Waals surface area contributed by atoms with Gasteiger partial charge in [-0.2, -0.15) is 0 Å². The summed E-state index contributed by atoms with van der Waals surface area (Å²) in [4.78, 5) is 13.4. The molecular weight excluding hydrogens is 402 g/mol. The minimum Gasteiger partial charge on any atom is -0.385 e. The quantitative estimate of drug-likeness (QED) is 0.750. The van der Waals surface area contributed by atoms with Gasteiger partial charge in [-0.3, -0.25) is 0 Å². The van der Waals surface area contributed by atoms with Crippen molar-refractivity contribution in [2.75, 3.05) is 18.4 Å². The van der Waals surface area contributed by atoms with Gasteiger partial charge in [-0.05, 0) is 42.5 Å². The van der Waals surface area contributed by atoms with E-state index in [1.165, 1.54) is 17.5 Å². The van der Waals surface area contributed by atoms with E-state index in [4.69, 9.17) is 0 Å². The summed E-state index contributed by atoms with van der Waals surface area (Å²) in [7, 11) is 0. The molecule has 0 bridgehead atoms. The molecule has 1 aliphatic carbocycles. The van der Waals surface area contributed by atoms with Crippen LogP contribution < -0.4 is 5.32 Å². The number of hydrogen-bond acceptors (Lipinski definition) is 1. The molecule has 1 aromatic rings. The van der Waals surface area contributed by atoms with Crippen molar-refractivity contribution < 1.29 is 24.6 Å². The fourth-order valence-corrected chi connectivity index (χ4v) is 2.17.